The van der Waals surface area contributed by atoms with Gasteiger partial charge >= 0.3 is 18.5 Å². The third-order valence-electron chi connectivity index (χ3n) is 4.65. The number of nitrogens with two attached hydrogens (primary N) is 1. The van der Waals surface area contributed by atoms with Crippen LogP contribution in [-0.2, 0) is 24.5 Å². The molecule has 1 atom stereocenters. The summed E-state index contributed by atoms with van der Waals surface area (Å²) in [7, 11) is 0. The summed E-state index contributed by atoms with van der Waals surface area (Å²) in [4.78, 5) is 0. The smallest absolute Gasteiger partial charge is 0.381 e. The Labute approximate surface area is 170 Å². The number of hydrogen-bond acceptors (Lipinski definition) is 3. The van der Waals surface area contributed by atoms with Crippen molar-refractivity contribution >= 4 is 5.69 Å². The van der Waals surface area contributed by atoms with E-state index in [1.165, 1.54) is 18.2 Å². The van der Waals surface area contributed by atoms with Gasteiger partial charge in [0.2, 0.25) is 5.60 Å². The first-order chi connectivity index (χ1) is 14.0. The lowest BCUT2D eigenvalue weighted by molar-refractivity contribution is -0.261. The standard InChI is InChI=1S/C19H17F9N2O/c1-10-4-15(3-2-11(10)8-29)30-9-16(31,19(26,27)28)12-5-13(17(20,21)22)7-14(6-12)18(23,24)25/h2-7,30-31H,8-9,29H2,1H3/t16-/m0/s1. The Bertz CT molecular complexity index is 903. The SMILES string of the molecule is Cc1cc(NC[C@](O)(c2cc(C(F)(F)F)cc(C(F)(F)F)c2)C(F)(F)F)ccc1CN. The van der Waals surface area contributed by atoms with Gasteiger partial charge in [-0.05, 0) is 53.9 Å². The van der Waals surface area contributed by atoms with Crippen LogP contribution in [0, 0.1) is 6.92 Å². The van der Waals surface area contributed by atoms with Crippen LogP contribution in [0.25, 0.3) is 0 Å². The van der Waals surface area contributed by atoms with Crippen LogP contribution < -0.4 is 11.1 Å². The Balaban J connectivity index is 2.56. The van der Waals surface area contributed by atoms with E-state index in [4.69, 9.17) is 5.73 Å². The van der Waals surface area contributed by atoms with Crippen LogP contribution in [0.5, 0.6) is 0 Å². The van der Waals surface area contributed by atoms with Crippen LogP contribution in [0.1, 0.15) is 27.8 Å². The van der Waals surface area contributed by atoms with Gasteiger partial charge in [-0.25, -0.2) is 0 Å². The number of benzene rings is 2. The zero-order valence-electron chi connectivity index (χ0n) is 15.8. The van der Waals surface area contributed by atoms with Crippen molar-refractivity contribution in [3.63, 3.8) is 0 Å². The molecule has 31 heavy (non-hydrogen) atoms. The number of halogens is 9. The number of aliphatic hydroxyl groups is 1. The highest BCUT2D eigenvalue weighted by Crippen LogP contribution is 2.44. The maximum Gasteiger partial charge on any atom is 0.423 e. The number of alkyl halides is 9. The Hall–Kier alpha value is -2.47. The fraction of sp³-hybridized carbons (Fsp3) is 0.368. The van der Waals surface area contributed by atoms with Crippen LogP contribution in [-0.4, -0.2) is 17.8 Å². The fourth-order valence-corrected chi connectivity index (χ4v) is 2.82. The highest BCUT2D eigenvalue weighted by atomic mass is 19.4. The van der Waals surface area contributed by atoms with Crippen LogP contribution in [0.15, 0.2) is 36.4 Å². The average Bonchev–Trinajstić information content (AvgIpc) is 2.63. The normalized spacial score (nSPS) is 15.0. The number of nitrogens with one attached hydrogen (secondary N) is 1. The van der Waals surface area contributed by atoms with E-state index in [1.54, 1.807) is 6.92 Å². The first kappa shape index (κ1) is 24.8. The van der Waals surface area contributed by atoms with E-state index >= 15 is 0 Å². The van der Waals surface area contributed by atoms with Crippen LogP contribution in [0.3, 0.4) is 0 Å². The van der Waals surface area contributed by atoms with Crippen molar-refractivity contribution in [2.75, 3.05) is 11.9 Å². The second kappa shape index (κ2) is 8.23. The van der Waals surface area contributed by atoms with Crippen molar-refractivity contribution in [3.8, 4) is 0 Å². The topological polar surface area (TPSA) is 58.3 Å². The van der Waals surface area contributed by atoms with Gasteiger partial charge in [0.15, 0.2) is 0 Å². The lowest BCUT2D eigenvalue weighted by Gasteiger charge is -2.32. The highest BCUT2D eigenvalue weighted by Gasteiger charge is 2.56. The first-order valence-corrected chi connectivity index (χ1v) is 8.61. The summed E-state index contributed by atoms with van der Waals surface area (Å²) in [5.41, 5.74) is -2.78. The van der Waals surface area contributed by atoms with Gasteiger partial charge in [0.05, 0.1) is 17.7 Å². The van der Waals surface area contributed by atoms with Crippen LogP contribution in [0.2, 0.25) is 0 Å². The molecule has 0 aliphatic heterocycles. The average molecular weight is 460 g/mol. The molecule has 0 fully saturated rings. The monoisotopic (exact) mass is 460 g/mol. The molecular formula is C19H17F9N2O. The van der Waals surface area contributed by atoms with Gasteiger partial charge in [0.25, 0.3) is 0 Å². The zero-order valence-corrected chi connectivity index (χ0v) is 15.8. The molecule has 2 aromatic rings. The van der Waals surface area contributed by atoms with Gasteiger partial charge in [-0.1, -0.05) is 6.07 Å². The van der Waals surface area contributed by atoms with Gasteiger partial charge in [-0.3, -0.25) is 0 Å². The third-order valence-corrected chi connectivity index (χ3v) is 4.65. The van der Waals surface area contributed by atoms with E-state index in [9.17, 15) is 44.6 Å². The number of aryl methyl sites for hydroxylation is 1. The van der Waals surface area contributed by atoms with Crippen LogP contribution >= 0.6 is 0 Å². The van der Waals surface area contributed by atoms with Crippen LogP contribution in [0.4, 0.5) is 45.2 Å². The van der Waals surface area contributed by atoms with E-state index in [0.29, 0.717) is 11.1 Å². The molecule has 2 rings (SSSR count). The molecular weight excluding hydrogens is 443 g/mol. The summed E-state index contributed by atoms with van der Waals surface area (Å²) in [6.07, 6.45) is -16.3. The highest BCUT2D eigenvalue weighted by molar-refractivity contribution is 5.49. The molecule has 0 unspecified atom stereocenters. The molecule has 4 N–H and O–H groups in total. The minimum atomic E-state index is -5.60. The van der Waals surface area contributed by atoms with E-state index in [1.807, 2.05) is 0 Å². The summed E-state index contributed by atoms with van der Waals surface area (Å²) < 4.78 is 119. The van der Waals surface area contributed by atoms with Gasteiger partial charge in [0, 0.05) is 12.2 Å². The molecule has 2 aromatic carbocycles. The third kappa shape index (κ3) is 5.42. The van der Waals surface area contributed by atoms with Crippen molar-refractivity contribution in [3.05, 3.63) is 64.2 Å². The van der Waals surface area contributed by atoms with Crippen molar-refractivity contribution in [1.29, 1.82) is 0 Å². The summed E-state index contributed by atoms with van der Waals surface area (Å²) in [5, 5.41) is 12.5. The molecule has 172 valence electrons. The maximum atomic E-state index is 13.7. The van der Waals surface area contributed by atoms with Crippen molar-refractivity contribution in [2.45, 2.75) is 37.6 Å². The predicted molar refractivity (Wildman–Crippen MR) is 94.0 cm³/mol. The molecule has 0 saturated heterocycles. The summed E-state index contributed by atoms with van der Waals surface area (Å²) >= 11 is 0. The summed E-state index contributed by atoms with van der Waals surface area (Å²) in [6.45, 7) is 0.311. The molecule has 0 aliphatic rings. The minimum absolute atomic E-state index is 0.0559. The molecule has 0 spiro atoms. The van der Waals surface area contributed by atoms with Gasteiger partial charge in [-0.2, -0.15) is 39.5 Å². The minimum Gasteiger partial charge on any atom is -0.381 e. The molecule has 0 saturated carbocycles. The molecule has 0 radical (unpaired) electrons. The van der Waals surface area contributed by atoms with Gasteiger partial charge in [0.1, 0.15) is 0 Å². The summed E-state index contributed by atoms with van der Waals surface area (Å²) in [5.74, 6) is 0. The number of hydrogen-bond donors (Lipinski definition) is 3. The van der Waals surface area contributed by atoms with E-state index < -0.39 is 47.4 Å². The Morgan fingerprint density at radius 1 is 0.806 bits per heavy atom. The molecule has 0 aliphatic carbocycles. The Morgan fingerprint density at radius 3 is 1.68 bits per heavy atom. The summed E-state index contributed by atoms with van der Waals surface area (Å²) in [6, 6.07) is 3.57. The first-order valence-electron chi connectivity index (χ1n) is 8.61. The molecule has 0 bridgehead atoms. The van der Waals surface area contributed by atoms with Crippen molar-refractivity contribution in [1.82, 2.24) is 0 Å². The number of rotatable bonds is 5. The second-order valence-electron chi connectivity index (χ2n) is 6.85. The lowest BCUT2D eigenvalue weighted by atomic mass is 9.89. The number of anilines is 1. The predicted octanol–water partition coefficient (Wildman–Crippen LogP) is 5.35. The van der Waals surface area contributed by atoms with Gasteiger partial charge in [-0.15, -0.1) is 0 Å². The largest absolute Gasteiger partial charge is 0.423 e. The van der Waals surface area contributed by atoms with E-state index in [0.717, 1.165) is 0 Å². The fourth-order valence-electron chi connectivity index (χ4n) is 2.82. The molecule has 3 nitrogen and oxygen atoms in total. The molecule has 0 amide bonds. The van der Waals surface area contributed by atoms with E-state index in [-0.39, 0.29) is 30.4 Å². The van der Waals surface area contributed by atoms with Gasteiger partial charge < -0.3 is 16.2 Å². The molecule has 12 heteroatoms. The molecule has 0 heterocycles. The lowest BCUT2D eigenvalue weighted by Crippen LogP contribution is -2.48. The Kier molecular flexibility index (Phi) is 6.58. The molecule has 0 aromatic heterocycles. The zero-order chi connectivity index (χ0) is 23.8. The quantitative estimate of drug-likeness (QED) is 0.527. The maximum absolute atomic E-state index is 13.7. The Morgan fingerprint density at radius 2 is 1.29 bits per heavy atom. The second-order valence-corrected chi connectivity index (χ2v) is 6.85. The van der Waals surface area contributed by atoms with E-state index in [2.05, 4.69) is 5.32 Å². The van der Waals surface area contributed by atoms with Crippen molar-refractivity contribution < 1.29 is 44.6 Å². The van der Waals surface area contributed by atoms with Crippen molar-refractivity contribution in [2.24, 2.45) is 5.73 Å².